The van der Waals surface area contributed by atoms with E-state index in [0.717, 1.165) is 25.7 Å². The summed E-state index contributed by atoms with van der Waals surface area (Å²) in [4.78, 5) is 0. The van der Waals surface area contributed by atoms with Crippen LogP contribution < -0.4 is 4.74 Å². The van der Waals surface area contributed by atoms with Crippen molar-refractivity contribution in [3.63, 3.8) is 0 Å². The molecular formula is C31H46O. The maximum absolute atomic E-state index is 6.68. The fraction of sp³-hybridized carbons (Fsp3) is 0.613. The molecule has 0 aromatic heterocycles. The van der Waals surface area contributed by atoms with Gasteiger partial charge in [0.2, 0.25) is 0 Å². The molecule has 0 N–H and O–H groups in total. The molecular weight excluding hydrogens is 388 g/mol. The monoisotopic (exact) mass is 434 g/mol. The molecule has 1 atom stereocenters. The molecule has 176 valence electrons. The highest BCUT2D eigenvalue weighted by Crippen LogP contribution is 2.42. The third kappa shape index (κ3) is 6.18. The number of hydrogen-bond acceptors (Lipinski definition) is 1. The lowest BCUT2D eigenvalue weighted by Crippen LogP contribution is -2.37. The van der Waals surface area contributed by atoms with Gasteiger partial charge in [-0.3, -0.25) is 0 Å². The van der Waals surface area contributed by atoms with Gasteiger partial charge in [0.25, 0.3) is 0 Å². The van der Waals surface area contributed by atoms with Crippen molar-refractivity contribution in [2.24, 2.45) is 0 Å². The van der Waals surface area contributed by atoms with E-state index in [0.29, 0.717) is 0 Å². The molecule has 0 spiro atoms. The minimum Gasteiger partial charge on any atom is -0.487 e. The maximum Gasteiger partial charge on any atom is 0.126 e. The van der Waals surface area contributed by atoms with Gasteiger partial charge in [-0.25, -0.2) is 0 Å². The second-order valence-electron chi connectivity index (χ2n) is 10.8. The van der Waals surface area contributed by atoms with Gasteiger partial charge in [-0.05, 0) is 147 Å². The van der Waals surface area contributed by atoms with Crippen LogP contribution in [-0.2, 0) is 6.42 Å². The van der Waals surface area contributed by atoms with Crippen molar-refractivity contribution in [2.45, 2.75) is 125 Å². The number of rotatable bonds is 9. The van der Waals surface area contributed by atoms with E-state index in [4.69, 9.17) is 4.74 Å². The topological polar surface area (TPSA) is 9.23 Å². The maximum atomic E-state index is 6.68. The Morgan fingerprint density at radius 2 is 1.44 bits per heavy atom. The molecule has 0 unspecified atom stereocenters. The largest absolute Gasteiger partial charge is 0.487 e. The Kier molecular flexibility index (Phi) is 8.48. The summed E-state index contributed by atoms with van der Waals surface area (Å²) in [6, 6.07) is 0. The molecule has 1 fully saturated rings. The summed E-state index contributed by atoms with van der Waals surface area (Å²) in [7, 11) is 0. The molecule has 1 heteroatoms. The molecule has 0 bridgehead atoms. The van der Waals surface area contributed by atoms with Gasteiger partial charge in [-0.1, -0.05) is 34.9 Å². The van der Waals surface area contributed by atoms with Crippen LogP contribution >= 0.6 is 0 Å². The first kappa shape index (κ1) is 24.9. The molecule has 3 rings (SSSR count). The van der Waals surface area contributed by atoms with Crippen LogP contribution in [0.15, 0.2) is 34.9 Å². The van der Waals surface area contributed by atoms with Crippen molar-refractivity contribution in [3.05, 3.63) is 62.8 Å². The Hall–Kier alpha value is -1.76. The van der Waals surface area contributed by atoms with Crippen molar-refractivity contribution < 1.29 is 4.74 Å². The Morgan fingerprint density at radius 1 is 0.812 bits per heavy atom. The first-order valence-electron chi connectivity index (χ1n) is 13.0. The molecule has 1 aromatic rings. The van der Waals surface area contributed by atoms with E-state index in [9.17, 15) is 0 Å². The quantitative estimate of drug-likeness (QED) is 0.352. The van der Waals surface area contributed by atoms with Crippen molar-refractivity contribution >= 4 is 0 Å². The van der Waals surface area contributed by atoms with Gasteiger partial charge in [0.15, 0.2) is 0 Å². The van der Waals surface area contributed by atoms with Crippen LogP contribution in [0.5, 0.6) is 5.75 Å². The van der Waals surface area contributed by atoms with Crippen molar-refractivity contribution in [1.29, 1.82) is 0 Å². The molecule has 1 heterocycles. The van der Waals surface area contributed by atoms with Gasteiger partial charge in [0, 0.05) is 0 Å². The summed E-state index contributed by atoms with van der Waals surface area (Å²) in [5, 5.41) is 0. The summed E-state index contributed by atoms with van der Waals surface area (Å²) in [5.41, 5.74) is 11.8. The lowest BCUT2D eigenvalue weighted by Gasteiger charge is -2.38. The van der Waals surface area contributed by atoms with Crippen LogP contribution in [0.3, 0.4) is 0 Å². The highest BCUT2D eigenvalue weighted by Gasteiger charge is 2.33. The van der Waals surface area contributed by atoms with Crippen LogP contribution in [0.25, 0.3) is 0 Å². The zero-order chi connectivity index (χ0) is 23.3. The third-order valence-corrected chi connectivity index (χ3v) is 8.17. The summed E-state index contributed by atoms with van der Waals surface area (Å²) in [6.45, 7) is 15.9. The third-order valence-electron chi connectivity index (χ3n) is 8.17. The first-order valence-corrected chi connectivity index (χ1v) is 13.0. The molecule has 1 aliphatic carbocycles. The fourth-order valence-electron chi connectivity index (χ4n) is 5.12. The molecule has 0 radical (unpaired) electrons. The van der Waals surface area contributed by atoms with Crippen LogP contribution in [0.1, 0.15) is 113 Å². The van der Waals surface area contributed by atoms with Gasteiger partial charge in [0.1, 0.15) is 11.4 Å². The van der Waals surface area contributed by atoms with Crippen LogP contribution in [0.4, 0.5) is 0 Å². The minimum atomic E-state index is -0.0475. The van der Waals surface area contributed by atoms with E-state index in [-0.39, 0.29) is 5.60 Å². The van der Waals surface area contributed by atoms with Gasteiger partial charge >= 0.3 is 0 Å². The Balaban J connectivity index is 1.46. The van der Waals surface area contributed by atoms with Crippen LogP contribution in [0.2, 0.25) is 0 Å². The zero-order valence-corrected chi connectivity index (χ0v) is 21.9. The van der Waals surface area contributed by atoms with E-state index in [1.165, 1.54) is 84.1 Å². The standard InChI is InChI=1S/C31H46O/c1-22(14-9-16-28-17-10-18-28)12-8-13-23(2)15-11-20-31(7)21-19-29-26(5)24(3)25(4)27(6)30(29)32-31/h12,15-16H,8-11,13-14,17-21H2,1-7H3/b22-12+,23-15+/t31-/m1/s1. The number of fused-ring (bicyclic) bond motifs is 1. The minimum absolute atomic E-state index is 0.0475. The number of hydrogen-bond donors (Lipinski definition) is 0. The van der Waals surface area contributed by atoms with Crippen molar-refractivity contribution in [1.82, 2.24) is 0 Å². The summed E-state index contributed by atoms with van der Waals surface area (Å²) in [6.07, 6.45) is 20.7. The molecule has 1 aromatic carbocycles. The zero-order valence-electron chi connectivity index (χ0n) is 21.9. The Morgan fingerprint density at radius 3 is 2.09 bits per heavy atom. The average Bonchev–Trinajstić information content (AvgIpc) is 2.72. The lowest BCUT2D eigenvalue weighted by molar-refractivity contribution is 0.0560. The molecule has 0 amide bonds. The summed E-state index contributed by atoms with van der Waals surface area (Å²) >= 11 is 0. The first-order chi connectivity index (χ1) is 15.2. The molecule has 1 saturated carbocycles. The average molecular weight is 435 g/mol. The Labute approximate surface area is 198 Å². The summed E-state index contributed by atoms with van der Waals surface area (Å²) in [5.74, 6) is 1.17. The van der Waals surface area contributed by atoms with E-state index < -0.39 is 0 Å². The van der Waals surface area contributed by atoms with Gasteiger partial charge in [-0.15, -0.1) is 0 Å². The Bertz CT molecular complexity index is 905. The molecule has 2 aliphatic rings. The number of benzene rings is 1. The predicted octanol–water partition coefficient (Wildman–Crippen LogP) is 9.35. The van der Waals surface area contributed by atoms with E-state index in [1.54, 1.807) is 11.1 Å². The molecule has 0 saturated heterocycles. The fourth-order valence-corrected chi connectivity index (χ4v) is 5.12. The number of ether oxygens (including phenoxy) is 1. The van der Waals surface area contributed by atoms with E-state index in [2.05, 4.69) is 66.7 Å². The van der Waals surface area contributed by atoms with Crippen LogP contribution in [0, 0.1) is 27.7 Å². The van der Waals surface area contributed by atoms with Gasteiger partial charge in [-0.2, -0.15) is 0 Å². The molecule has 1 aliphatic heterocycles. The highest BCUT2D eigenvalue weighted by molar-refractivity contribution is 5.55. The number of allylic oxidation sites excluding steroid dienone is 6. The van der Waals surface area contributed by atoms with Gasteiger partial charge in [0.05, 0.1) is 0 Å². The molecule has 1 nitrogen and oxygen atoms in total. The van der Waals surface area contributed by atoms with Crippen molar-refractivity contribution in [2.75, 3.05) is 0 Å². The molecule has 32 heavy (non-hydrogen) atoms. The van der Waals surface area contributed by atoms with E-state index >= 15 is 0 Å². The summed E-state index contributed by atoms with van der Waals surface area (Å²) < 4.78 is 6.68. The van der Waals surface area contributed by atoms with Gasteiger partial charge < -0.3 is 4.74 Å². The predicted molar refractivity (Wildman–Crippen MR) is 140 cm³/mol. The van der Waals surface area contributed by atoms with Crippen LogP contribution in [-0.4, -0.2) is 5.60 Å². The second kappa shape index (κ2) is 10.9. The van der Waals surface area contributed by atoms with Crippen molar-refractivity contribution in [3.8, 4) is 5.75 Å². The van der Waals surface area contributed by atoms with E-state index in [1.807, 2.05) is 0 Å². The highest BCUT2D eigenvalue weighted by atomic mass is 16.5. The second-order valence-corrected chi connectivity index (χ2v) is 10.8. The SMILES string of the molecule is C/C(=C\CC/C(C)=C/CC[C@]1(C)CCc2c(C)c(C)c(C)c(C)c2O1)CCC=C1CCC1. The smallest absolute Gasteiger partial charge is 0.126 e. The normalized spacial score (nSPS) is 21.2. The lowest BCUT2D eigenvalue weighted by atomic mass is 9.83.